The van der Waals surface area contributed by atoms with Crippen molar-refractivity contribution in [2.75, 3.05) is 25.5 Å². The summed E-state index contributed by atoms with van der Waals surface area (Å²) >= 11 is 1.33. The van der Waals surface area contributed by atoms with Crippen LogP contribution in [0.3, 0.4) is 0 Å². The van der Waals surface area contributed by atoms with Crippen LogP contribution in [0.2, 0.25) is 0 Å². The zero-order valence-corrected chi connectivity index (χ0v) is 18.5. The average Bonchev–Trinajstić information content (AvgIpc) is 3.22. The summed E-state index contributed by atoms with van der Waals surface area (Å²) in [5, 5.41) is 3.73. The molecule has 2 heterocycles. The van der Waals surface area contributed by atoms with Crippen LogP contribution in [0, 0.1) is 5.92 Å². The van der Waals surface area contributed by atoms with Crippen molar-refractivity contribution in [1.82, 2.24) is 4.31 Å². The number of carbonyl (C=O) groups excluding carboxylic acids is 2. The van der Waals surface area contributed by atoms with Crippen molar-refractivity contribution < 1.29 is 22.7 Å². The highest BCUT2D eigenvalue weighted by Crippen LogP contribution is 2.30. The summed E-state index contributed by atoms with van der Waals surface area (Å²) in [4.78, 5) is 25.3. The number of rotatable bonds is 5. The summed E-state index contributed by atoms with van der Waals surface area (Å²) in [5.41, 5.74) is 0.606. The molecule has 31 heavy (non-hydrogen) atoms. The van der Waals surface area contributed by atoms with Gasteiger partial charge in [-0.2, -0.15) is 4.31 Å². The van der Waals surface area contributed by atoms with Gasteiger partial charge < -0.3 is 10.1 Å². The average molecular weight is 459 g/mol. The number of benzene rings is 2. The monoisotopic (exact) mass is 458 g/mol. The van der Waals surface area contributed by atoms with Gasteiger partial charge in [-0.25, -0.2) is 13.2 Å². The molecule has 1 N–H and O–H groups in total. The van der Waals surface area contributed by atoms with Crippen LogP contribution in [0.5, 0.6) is 0 Å². The second kappa shape index (κ2) is 8.78. The van der Waals surface area contributed by atoms with Crippen molar-refractivity contribution >= 4 is 49.0 Å². The van der Waals surface area contributed by atoms with Gasteiger partial charge in [0.05, 0.1) is 17.9 Å². The number of hydrogen-bond donors (Lipinski definition) is 1. The topological polar surface area (TPSA) is 92.8 Å². The Bertz CT molecular complexity index is 1220. The lowest BCUT2D eigenvalue weighted by Crippen LogP contribution is -2.43. The third kappa shape index (κ3) is 4.48. The maximum absolute atomic E-state index is 12.9. The lowest BCUT2D eigenvalue weighted by atomic mass is 9.98. The molecule has 0 unspecified atom stereocenters. The SMILES string of the molecule is COC(=O)c1cc2cc(NC(=O)[C@@H]3CCCN(S(=O)(=O)c4ccccc4)C3)ccc2s1. The predicted molar refractivity (Wildman–Crippen MR) is 120 cm³/mol. The molecule has 1 aliphatic heterocycles. The van der Waals surface area contributed by atoms with Gasteiger partial charge in [0.1, 0.15) is 4.88 Å². The minimum Gasteiger partial charge on any atom is -0.465 e. The summed E-state index contributed by atoms with van der Waals surface area (Å²) in [6.45, 7) is 0.550. The molecule has 1 amide bonds. The quantitative estimate of drug-likeness (QED) is 0.588. The van der Waals surface area contributed by atoms with E-state index in [2.05, 4.69) is 5.32 Å². The van der Waals surface area contributed by atoms with Gasteiger partial charge >= 0.3 is 5.97 Å². The number of esters is 1. The highest BCUT2D eigenvalue weighted by atomic mass is 32.2. The van der Waals surface area contributed by atoms with Crippen molar-refractivity contribution in [2.24, 2.45) is 5.92 Å². The fourth-order valence-corrected chi connectivity index (χ4v) is 6.19. The van der Waals surface area contributed by atoms with Crippen LogP contribution in [0.1, 0.15) is 22.5 Å². The number of nitrogens with one attached hydrogen (secondary N) is 1. The Hall–Kier alpha value is -2.75. The normalized spacial score (nSPS) is 17.4. The summed E-state index contributed by atoms with van der Waals surface area (Å²) in [6, 6.07) is 15.4. The number of hydrogen-bond acceptors (Lipinski definition) is 6. The minimum atomic E-state index is -3.63. The number of anilines is 1. The Morgan fingerprint density at radius 3 is 2.65 bits per heavy atom. The molecule has 1 aromatic heterocycles. The smallest absolute Gasteiger partial charge is 0.348 e. The number of ether oxygens (including phenoxy) is 1. The first-order chi connectivity index (χ1) is 14.9. The lowest BCUT2D eigenvalue weighted by molar-refractivity contribution is -0.120. The van der Waals surface area contributed by atoms with Gasteiger partial charge in [0.15, 0.2) is 0 Å². The van der Waals surface area contributed by atoms with E-state index in [4.69, 9.17) is 4.74 Å². The summed E-state index contributed by atoms with van der Waals surface area (Å²) in [5.74, 6) is -1.04. The third-order valence-corrected chi connectivity index (χ3v) is 8.28. The lowest BCUT2D eigenvalue weighted by Gasteiger charge is -2.31. The van der Waals surface area contributed by atoms with Crippen LogP contribution in [0.4, 0.5) is 5.69 Å². The van der Waals surface area contributed by atoms with Gasteiger partial charge in [-0.3, -0.25) is 4.79 Å². The van der Waals surface area contributed by atoms with Crippen molar-refractivity contribution in [1.29, 1.82) is 0 Å². The van der Waals surface area contributed by atoms with E-state index in [1.807, 2.05) is 6.07 Å². The first-order valence-corrected chi connectivity index (χ1v) is 12.1. The molecule has 0 saturated carbocycles. The standard InChI is InChI=1S/C22H22N2O5S2/c1-29-22(26)20-13-16-12-17(9-10-19(16)30-20)23-21(25)15-6-5-11-24(14-15)31(27,28)18-7-3-2-4-8-18/h2-4,7-10,12-13,15H,5-6,11,14H2,1H3,(H,23,25)/t15-/m1/s1. The Balaban J connectivity index is 1.47. The van der Waals surface area contributed by atoms with Crippen LogP contribution in [-0.2, 0) is 19.6 Å². The molecule has 9 heteroatoms. The van der Waals surface area contributed by atoms with E-state index in [1.165, 1.54) is 22.8 Å². The molecule has 1 atom stereocenters. The fourth-order valence-electron chi connectivity index (χ4n) is 3.68. The molecule has 0 aliphatic carbocycles. The van der Waals surface area contributed by atoms with Crippen LogP contribution >= 0.6 is 11.3 Å². The number of sulfonamides is 1. The molecule has 7 nitrogen and oxygen atoms in total. The molecule has 1 saturated heterocycles. The number of thiophene rings is 1. The molecule has 3 aromatic rings. The Labute approximate surface area is 184 Å². The van der Waals surface area contributed by atoms with Crippen LogP contribution in [0.15, 0.2) is 59.5 Å². The van der Waals surface area contributed by atoms with E-state index in [-0.39, 0.29) is 17.3 Å². The molecule has 1 aliphatic rings. The van der Waals surface area contributed by atoms with Crippen LogP contribution in [0.25, 0.3) is 10.1 Å². The number of methoxy groups -OCH3 is 1. The number of piperidine rings is 1. The van der Waals surface area contributed by atoms with Gasteiger partial charge in [0.25, 0.3) is 0 Å². The predicted octanol–water partition coefficient (Wildman–Crippen LogP) is 3.73. The van der Waals surface area contributed by atoms with E-state index >= 15 is 0 Å². The largest absolute Gasteiger partial charge is 0.465 e. The number of nitrogens with zero attached hydrogens (tertiary/aromatic N) is 1. The zero-order valence-electron chi connectivity index (χ0n) is 16.9. The number of amides is 1. The maximum atomic E-state index is 12.9. The van der Waals surface area contributed by atoms with Gasteiger partial charge in [-0.05, 0) is 54.6 Å². The Kier molecular flexibility index (Phi) is 6.08. The van der Waals surface area contributed by atoms with Gasteiger partial charge in [0, 0.05) is 23.5 Å². The van der Waals surface area contributed by atoms with Crippen LogP contribution < -0.4 is 5.32 Å². The Morgan fingerprint density at radius 1 is 1.13 bits per heavy atom. The molecule has 0 bridgehead atoms. The fraction of sp³-hybridized carbons (Fsp3) is 0.273. The molecular formula is C22H22N2O5S2. The number of fused-ring (bicyclic) bond motifs is 1. The minimum absolute atomic E-state index is 0.149. The van der Waals surface area contributed by atoms with Crippen LogP contribution in [-0.4, -0.2) is 44.8 Å². The Morgan fingerprint density at radius 2 is 1.90 bits per heavy atom. The molecule has 2 aromatic carbocycles. The van der Waals surface area contributed by atoms with Crippen molar-refractivity contribution in [2.45, 2.75) is 17.7 Å². The first kappa shape index (κ1) is 21.5. The molecule has 4 rings (SSSR count). The van der Waals surface area contributed by atoms with E-state index < -0.39 is 21.9 Å². The first-order valence-electron chi connectivity index (χ1n) is 9.86. The zero-order chi connectivity index (χ0) is 22.0. The molecule has 1 fully saturated rings. The molecule has 0 radical (unpaired) electrons. The van der Waals surface area contributed by atoms with Crippen molar-refractivity contribution in [3.8, 4) is 0 Å². The van der Waals surface area contributed by atoms with Gasteiger partial charge in [0.2, 0.25) is 15.9 Å². The molecule has 162 valence electrons. The van der Waals surface area contributed by atoms with Gasteiger partial charge in [-0.1, -0.05) is 18.2 Å². The summed E-state index contributed by atoms with van der Waals surface area (Å²) < 4.78 is 32.9. The van der Waals surface area contributed by atoms with E-state index in [0.717, 1.165) is 10.1 Å². The third-order valence-electron chi connectivity index (χ3n) is 5.31. The van der Waals surface area contributed by atoms with Crippen molar-refractivity contribution in [3.63, 3.8) is 0 Å². The van der Waals surface area contributed by atoms with E-state index in [1.54, 1.807) is 48.5 Å². The number of carbonyl (C=O) groups is 2. The van der Waals surface area contributed by atoms with E-state index in [9.17, 15) is 18.0 Å². The highest BCUT2D eigenvalue weighted by molar-refractivity contribution is 7.89. The summed E-state index contributed by atoms with van der Waals surface area (Å²) in [7, 11) is -2.29. The van der Waals surface area contributed by atoms with Gasteiger partial charge in [-0.15, -0.1) is 11.3 Å². The van der Waals surface area contributed by atoms with Crippen molar-refractivity contribution in [3.05, 3.63) is 59.5 Å². The molecular weight excluding hydrogens is 436 g/mol. The van der Waals surface area contributed by atoms with E-state index in [0.29, 0.717) is 30.0 Å². The second-order valence-electron chi connectivity index (χ2n) is 7.36. The summed E-state index contributed by atoms with van der Waals surface area (Å²) in [6.07, 6.45) is 1.25. The maximum Gasteiger partial charge on any atom is 0.348 e. The second-order valence-corrected chi connectivity index (χ2v) is 10.4. The molecule has 0 spiro atoms. The highest BCUT2D eigenvalue weighted by Gasteiger charge is 2.33.